The van der Waals surface area contributed by atoms with Crippen LogP contribution in [-0.2, 0) is 17.9 Å². The number of nitrogens with zero attached hydrogens (tertiary/aromatic N) is 2. The molecule has 0 spiro atoms. The third-order valence-electron chi connectivity index (χ3n) is 4.71. The van der Waals surface area contributed by atoms with Gasteiger partial charge in [-0.25, -0.2) is 9.38 Å². The van der Waals surface area contributed by atoms with Crippen molar-refractivity contribution in [2.75, 3.05) is 26.2 Å². The Balaban J connectivity index is 1.49. The third kappa shape index (κ3) is 6.07. The summed E-state index contributed by atoms with van der Waals surface area (Å²) in [5.41, 5.74) is 2.22. The van der Waals surface area contributed by atoms with Crippen LogP contribution in [0.3, 0.4) is 0 Å². The van der Waals surface area contributed by atoms with E-state index >= 15 is 0 Å². The van der Waals surface area contributed by atoms with Gasteiger partial charge in [-0.1, -0.05) is 42.5 Å². The molecule has 27 heavy (non-hydrogen) atoms. The Bertz CT molecular complexity index is 718. The predicted octanol–water partition coefficient (Wildman–Crippen LogP) is 3.83. The summed E-state index contributed by atoms with van der Waals surface area (Å²) in [6.45, 7) is 6.81. The highest BCUT2D eigenvalue weighted by atomic mass is 19.1. The van der Waals surface area contributed by atoms with E-state index in [-0.39, 0.29) is 5.82 Å². The third-order valence-corrected chi connectivity index (χ3v) is 4.71. The number of halogens is 1. The number of hydrogen-bond acceptors (Lipinski definition) is 2. The smallest absolute Gasteiger partial charge is 0.194 e. The first-order valence-electron chi connectivity index (χ1n) is 9.64. The van der Waals surface area contributed by atoms with E-state index in [1.807, 2.05) is 18.2 Å². The molecule has 1 unspecified atom stereocenters. The van der Waals surface area contributed by atoms with Gasteiger partial charge in [-0.2, -0.15) is 0 Å². The number of hydrogen-bond donors (Lipinski definition) is 1. The van der Waals surface area contributed by atoms with Crippen LogP contribution in [0.4, 0.5) is 4.39 Å². The molecule has 1 aliphatic rings. The molecule has 0 aromatic heterocycles. The zero-order valence-corrected chi connectivity index (χ0v) is 15.9. The van der Waals surface area contributed by atoms with Crippen LogP contribution in [0.25, 0.3) is 0 Å². The van der Waals surface area contributed by atoms with Gasteiger partial charge in [-0.3, -0.25) is 0 Å². The molecule has 1 saturated heterocycles. The second kappa shape index (κ2) is 10.1. The van der Waals surface area contributed by atoms with Crippen LogP contribution in [-0.4, -0.2) is 37.1 Å². The summed E-state index contributed by atoms with van der Waals surface area (Å²) in [4.78, 5) is 7.02. The largest absolute Gasteiger partial charge is 0.376 e. The maximum Gasteiger partial charge on any atom is 0.194 e. The standard InChI is InChI=1S/C22H28FN3O/c1-2-24-22(25-14-18-8-10-21(23)11-9-18)26-13-12-20(15-26)17-27-16-19-6-4-3-5-7-19/h3-11,20H,2,12-17H2,1H3,(H,24,25). The molecule has 3 rings (SSSR count). The lowest BCUT2D eigenvalue weighted by Gasteiger charge is -2.21. The number of likely N-dealkylation sites (tertiary alicyclic amines) is 1. The number of rotatable bonds is 7. The van der Waals surface area contributed by atoms with Crippen LogP contribution in [0.2, 0.25) is 0 Å². The molecule has 144 valence electrons. The first-order chi connectivity index (χ1) is 13.2. The molecule has 2 aromatic carbocycles. The average molecular weight is 369 g/mol. The summed E-state index contributed by atoms with van der Waals surface area (Å²) in [5, 5.41) is 3.37. The monoisotopic (exact) mass is 369 g/mol. The quantitative estimate of drug-likeness (QED) is 0.595. The van der Waals surface area contributed by atoms with Gasteiger partial charge in [0, 0.05) is 25.6 Å². The number of ether oxygens (including phenoxy) is 1. The zero-order chi connectivity index (χ0) is 18.9. The van der Waals surface area contributed by atoms with Crippen molar-refractivity contribution in [3.63, 3.8) is 0 Å². The molecule has 5 heteroatoms. The van der Waals surface area contributed by atoms with Gasteiger partial charge in [0.2, 0.25) is 0 Å². The van der Waals surface area contributed by atoms with Crippen LogP contribution in [0.1, 0.15) is 24.5 Å². The van der Waals surface area contributed by atoms with Crippen LogP contribution < -0.4 is 5.32 Å². The van der Waals surface area contributed by atoms with E-state index in [2.05, 4.69) is 29.3 Å². The van der Waals surface area contributed by atoms with Gasteiger partial charge in [0.15, 0.2) is 5.96 Å². The van der Waals surface area contributed by atoms with Crippen molar-refractivity contribution in [1.29, 1.82) is 0 Å². The minimum atomic E-state index is -0.215. The Kier molecular flexibility index (Phi) is 7.22. The van der Waals surface area contributed by atoms with Gasteiger partial charge in [-0.05, 0) is 36.6 Å². The minimum Gasteiger partial charge on any atom is -0.376 e. The molecule has 4 nitrogen and oxygen atoms in total. The Morgan fingerprint density at radius 1 is 1.15 bits per heavy atom. The fourth-order valence-electron chi connectivity index (χ4n) is 3.26. The predicted molar refractivity (Wildman–Crippen MR) is 107 cm³/mol. The molecule has 1 heterocycles. The summed E-state index contributed by atoms with van der Waals surface area (Å²) in [6.07, 6.45) is 1.11. The highest BCUT2D eigenvalue weighted by Crippen LogP contribution is 2.18. The molecule has 0 aliphatic carbocycles. The van der Waals surface area contributed by atoms with Gasteiger partial charge < -0.3 is 15.0 Å². The van der Waals surface area contributed by atoms with Crippen LogP contribution in [0.15, 0.2) is 59.6 Å². The van der Waals surface area contributed by atoms with Gasteiger partial charge in [0.1, 0.15) is 5.82 Å². The normalized spacial score (nSPS) is 17.3. The van der Waals surface area contributed by atoms with Crippen LogP contribution in [0.5, 0.6) is 0 Å². The highest BCUT2D eigenvalue weighted by molar-refractivity contribution is 5.80. The summed E-state index contributed by atoms with van der Waals surface area (Å²) in [7, 11) is 0. The molecular formula is C22H28FN3O. The molecule has 1 atom stereocenters. The Labute approximate surface area is 161 Å². The van der Waals surface area contributed by atoms with E-state index in [1.165, 1.54) is 17.7 Å². The van der Waals surface area contributed by atoms with Gasteiger partial charge >= 0.3 is 0 Å². The number of benzene rings is 2. The summed E-state index contributed by atoms with van der Waals surface area (Å²) < 4.78 is 18.9. The molecule has 0 amide bonds. The molecule has 1 fully saturated rings. The van der Waals surface area contributed by atoms with Crippen LogP contribution >= 0.6 is 0 Å². The maximum absolute atomic E-state index is 13.0. The number of nitrogens with one attached hydrogen (secondary N) is 1. The van der Waals surface area contributed by atoms with E-state index < -0.39 is 0 Å². The second-order valence-electron chi connectivity index (χ2n) is 6.90. The molecule has 1 aliphatic heterocycles. The van der Waals surface area contributed by atoms with Gasteiger partial charge in [-0.15, -0.1) is 0 Å². The van der Waals surface area contributed by atoms with Crippen molar-refractivity contribution >= 4 is 5.96 Å². The summed E-state index contributed by atoms with van der Waals surface area (Å²) in [5.74, 6) is 1.23. The van der Waals surface area contributed by atoms with Gasteiger partial charge in [0.25, 0.3) is 0 Å². The lowest BCUT2D eigenvalue weighted by atomic mass is 10.1. The fraction of sp³-hybridized carbons (Fsp3) is 0.409. The fourth-order valence-corrected chi connectivity index (χ4v) is 3.26. The average Bonchev–Trinajstić information content (AvgIpc) is 3.16. The Morgan fingerprint density at radius 3 is 2.67 bits per heavy atom. The van der Waals surface area contributed by atoms with Crippen molar-refractivity contribution in [3.05, 3.63) is 71.5 Å². The zero-order valence-electron chi connectivity index (χ0n) is 15.9. The van der Waals surface area contributed by atoms with E-state index in [1.54, 1.807) is 12.1 Å². The van der Waals surface area contributed by atoms with Crippen molar-refractivity contribution < 1.29 is 9.13 Å². The summed E-state index contributed by atoms with van der Waals surface area (Å²) >= 11 is 0. The Hall–Kier alpha value is -2.40. The number of guanidine groups is 1. The van der Waals surface area contributed by atoms with Crippen molar-refractivity contribution in [2.45, 2.75) is 26.5 Å². The van der Waals surface area contributed by atoms with E-state index in [4.69, 9.17) is 9.73 Å². The SMILES string of the molecule is CCNC(=NCc1ccc(F)cc1)N1CCC(COCc2ccccc2)C1. The summed E-state index contributed by atoms with van der Waals surface area (Å²) in [6, 6.07) is 16.8. The maximum atomic E-state index is 13.0. The van der Waals surface area contributed by atoms with E-state index in [0.29, 0.717) is 19.1 Å². The second-order valence-corrected chi connectivity index (χ2v) is 6.90. The van der Waals surface area contributed by atoms with Crippen molar-refractivity contribution in [2.24, 2.45) is 10.9 Å². The lowest BCUT2D eigenvalue weighted by Crippen LogP contribution is -2.40. The van der Waals surface area contributed by atoms with Crippen LogP contribution in [0, 0.1) is 11.7 Å². The lowest BCUT2D eigenvalue weighted by molar-refractivity contribution is 0.0906. The van der Waals surface area contributed by atoms with Gasteiger partial charge in [0.05, 0.1) is 19.8 Å². The highest BCUT2D eigenvalue weighted by Gasteiger charge is 2.25. The van der Waals surface area contributed by atoms with Crippen molar-refractivity contribution in [1.82, 2.24) is 10.2 Å². The van der Waals surface area contributed by atoms with Crippen molar-refractivity contribution in [3.8, 4) is 0 Å². The minimum absolute atomic E-state index is 0.215. The first kappa shape index (κ1) is 19.4. The number of aliphatic imine (C=N–C) groups is 1. The van der Waals surface area contributed by atoms with E-state index in [0.717, 1.165) is 44.2 Å². The first-order valence-corrected chi connectivity index (χ1v) is 9.64. The molecule has 2 aromatic rings. The topological polar surface area (TPSA) is 36.9 Å². The molecule has 0 radical (unpaired) electrons. The molecule has 0 saturated carbocycles. The Morgan fingerprint density at radius 2 is 1.93 bits per heavy atom. The molecule has 1 N–H and O–H groups in total. The molecular weight excluding hydrogens is 341 g/mol. The molecule has 0 bridgehead atoms. The van der Waals surface area contributed by atoms with E-state index in [9.17, 15) is 4.39 Å².